The summed E-state index contributed by atoms with van der Waals surface area (Å²) in [5, 5.41) is 17.3. The Hall–Kier alpha value is -4.87. The first-order valence-electron chi connectivity index (χ1n) is 39.9. The first-order valence-corrected chi connectivity index (χ1v) is 39.9. The van der Waals surface area contributed by atoms with Crippen molar-refractivity contribution in [3.05, 3.63) is 61.3 Å². The largest absolute Gasteiger partial charge is 0.462 e. The highest BCUT2D eigenvalue weighted by Gasteiger charge is 2.23. The lowest BCUT2D eigenvalue weighted by Crippen LogP contribution is -2.27. The van der Waals surface area contributed by atoms with Gasteiger partial charge < -0.3 is 133 Å². The van der Waals surface area contributed by atoms with E-state index in [4.69, 9.17) is 133 Å². The zero-order chi connectivity index (χ0) is 86.7. The van der Waals surface area contributed by atoms with Crippen LogP contribution in [0.15, 0.2) is 61.3 Å². The second-order valence-corrected chi connectivity index (χ2v) is 25.8. The number of rotatable bonds is 80. The van der Waals surface area contributed by atoms with Gasteiger partial charge in [0.25, 0.3) is 0 Å². The van der Waals surface area contributed by atoms with Gasteiger partial charge in [0.2, 0.25) is 0 Å². The third kappa shape index (κ3) is 103. The molecule has 0 aliphatic heterocycles. The van der Waals surface area contributed by atoms with E-state index in [9.17, 15) is 24.0 Å². The molecule has 2 N–H and O–H groups in total. The van der Waals surface area contributed by atoms with Crippen molar-refractivity contribution < 1.29 is 157 Å². The van der Waals surface area contributed by atoms with Crippen LogP contribution in [0, 0.1) is 11.3 Å². The number of hydrogen-bond donors (Lipinski definition) is 2. The van der Waals surface area contributed by atoms with Crippen molar-refractivity contribution in [3.8, 4) is 0 Å². The van der Waals surface area contributed by atoms with Crippen molar-refractivity contribution in [2.75, 3.05) is 304 Å². The molecule has 0 saturated carbocycles. The quantitative estimate of drug-likeness (QED) is 0.0251. The molecular formula is C83H158O33. The van der Waals surface area contributed by atoms with E-state index in [1.165, 1.54) is 0 Å². The lowest BCUT2D eigenvalue weighted by molar-refractivity contribution is -0.142. The maximum absolute atomic E-state index is 11.2. The van der Waals surface area contributed by atoms with Gasteiger partial charge in [0.05, 0.1) is 276 Å². The highest BCUT2D eigenvalue weighted by atomic mass is 16.6. The van der Waals surface area contributed by atoms with Gasteiger partial charge >= 0.3 is 29.8 Å². The Morgan fingerprint density at radius 2 is 0.517 bits per heavy atom. The van der Waals surface area contributed by atoms with E-state index < -0.39 is 29.8 Å². The molecule has 0 spiro atoms. The fourth-order valence-electron chi connectivity index (χ4n) is 6.92. The molecule has 33 nitrogen and oxygen atoms in total. The number of carbonyl (C=O) groups excluding carboxylic acids is 5. The molecule has 0 heterocycles. The maximum atomic E-state index is 11.2. The van der Waals surface area contributed by atoms with E-state index in [0.29, 0.717) is 266 Å². The standard InChI is InChI=1S/C27H52O12.C19H36O6.C17H32O7.C10H18O5.C9H16O3.CH4/c1-4-5-29-6-7-30-8-9-31-10-11-32-12-13-33-14-15-34-16-17-35-18-19-36-20-21-37-22-23-38-24-25-39-27(28)26(2)3;1-14(2)10-23-17(6)12-25-18(7)13-24-16(5)11-21-8-9-22-19(20)15(3)4;1-4-5-19-6-7-20-8-9-21-10-11-22-12-13-23-14-15-24-17(18)16(2)3;1-9(2)10(12)15-8-7-14-6-5-13-4-3-11;1-4-8(11)12-7-9(3,5-2)6-10;/h2,4-25H2,1,3H3;14,16-18H,3,8-13H2,1-2,4-7H3;2,4-15H2,1,3H3;11H,1,3-8H2,2H3;4,10H,1,5-7H2,2-3H3;1H4. The molecule has 0 aliphatic carbocycles. The van der Waals surface area contributed by atoms with Gasteiger partial charge in [-0.3, -0.25) is 0 Å². The molecule has 0 aliphatic rings. The predicted molar refractivity (Wildman–Crippen MR) is 440 cm³/mol. The lowest BCUT2D eigenvalue weighted by atomic mass is 9.90. The van der Waals surface area contributed by atoms with E-state index >= 15 is 0 Å². The summed E-state index contributed by atoms with van der Waals surface area (Å²) in [6, 6.07) is 0. The lowest BCUT2D eigenvalue weighted by Gasteiger charge is -2.24. The third-order valence-electron chi connectivity index (χ3n) is 13.6. The third-order valence-corrected chi connectivity index (χ3v) is 13.6. The molecule has 0 saturated heterocycles. The zero-order valence-corrected chi connectivity index (χ0v) is 72.6. The number of carbonyl (C=O) groups is 5. The average molecular weight is 1680 g/mol. The highest BCUT2D eigenvalue weighted by Crippen LogP contribution is 2.20. The van der Waals surface area contributed by atoms with Gasteiger partial charge in [-0.25, -0.2) is 24.0 Å². The summed E-state index contributed by atoms with van der Waals surface area (Å²) in [6.07, 6.45) is 3.95. The first-order chi connectivity index (χ1) is 55.3. The summed E-state index contributed by atoms with van der Waals surface area (Å²) in [5.74, 6) is -1.53. The van der Waals surface area contributed by atoms with Gasteiger partial charge in [0.1, 0.15) is 26.4 Å². The van der Waals surface area contributed by atoms with Crippen molar-refractivity contribution in [2.45, 2.75) is 135 Å². The molecule has 0 aromatic carbocycles. The second kappa shape index (κ2) is 97.3. The minimum atomic E-state index is -0.442. The zero-order valence-electron chi connectivity index (χ0n) is 72.6. The van der Waals surface area contributed by atoms with Crippen molar-refractivity contribution in [1.82, 2.24) is 0 Å². The van der Waals surface area contributed by atoms with E-state index in [2.05, 4.69) is 60.6 Å². The van der Waals surface area contributed by atoms with Gasteiger partial charge in [0.15, 0.2) is 0 Å². The van der Waals surface area contributed by atoms with Crippen LogP contribution in [0.2, 0.25) is 0 Å². The van der Waals surface area contributed by atoms with Crippen LogP contribution in [-0.2, 0) is 147 Å². The van der Waals surface area contributed by atoms with Crippen LogP contribution in [0.1, 0.15) is 117 Å². The molecule has 688 valence electrons. The van der Waals surface area contributed by atoms with Crippen LogP contribution in [-0.4, -0.2) is 362 Å². The van der Waals surface area contributed by atoms with E-state index in [0.717, 1.165) is 45.2 Å². The molecule has 0 amide bonds. The molecule has 0 radical (unpaired) electrons. The van der Waals surface area contributed by atoms with Crippen LogP contribution >= 0.6 is 0 Å². The van der Waals surface area contributed by atoms with Crippen molar-refractivity contribution in [3.63, 3.8) is 0 Å². The molecule has 116 heavy (non-hydrogen) atoms. The van der Waals surface area contributed by atoms with Gasteiger partial charge in [-0.15, -0.1) is 0 Å². The molecule has 0 aromatic heterocycles. The summed E-state index contributed by atoms with van der Waals surface area (Å²) < 4.78 is 137. The molecule has 0 aromatic rings. The molecule has 0 fully saturated rings. The predicted octanol–water partition coefficient (Wildman–Crippen LogP) is 8.17. The average Bonchev–Trinajstić information content (AvgIpc) is 1.01. The van der Waals surface area contributed by atoms with Crippen LogP contribution in [0.25, 0.3) is 0 Å². The van der Waals surface area contributed by atoms with Gasteiger partial charge in [-0.2, -0.15) is 0 Å². The van der Waals surface area contributed by atoms with Crippen molar-refractivity contribution >= 4 is 29.8 Å². The summed E-state index contributed by atoms with van der Waals surface area (Å²) in [6.45, 7) is 62.7. The number of aliphatic hydroxyl groups excluding tert-OH is 2. The van der Waals surface area contributed by atoms with Crippen molar-refractivity contribution in [1.29, 1.82) is 0 Å². The summed E-state index contributed by atoms with van der Waals surface area (Å²) in [7, 11) is 0. The number of aliphatic hydroxyl groups is 2. The fraction of sp³-hybridized carbons (Fsp3) is 0.819. The molecule has 33 heteroatoms. The van der Waals surface area contributed by atoms with Crippen molar-refractivity contribution in [2.24, 2.45) is 11.3 Å². The van der Waals surface area contributed by atoms with Crippen LogP contribution in [0.5, 0.6) is 0 Å². The van der Waals surface area contributed by atoms with E-state index in [-0.39, 0.29) is 77.4 Å². The van der Waals surface area contributed by atoms with E-state index in [1.807, 2.05) is 34.6 Å². The maximum Gasteiger partial charge on any atom is 0.333 e. The Morgan fingerprint density at radius 1 is 0.310 bits per heavy atom. The monoisotopic (exact) mass is 1680 g/mol. The fourth-order valence-corrected chi connectivity index (χ4v) is 6.92. The van der Waals surface area contributed by atoms with Crippen LogP contribution in [0.3, 0.4) is 0 Å². The number of hydrogen-bond acceptors (Lipinski definition) is 33. The van der Waals surface area contributed by atoms with E-state index in [1.54, 1.807) is 27.7 Å². The highest BCUT2D eigenvalue weighted by molar-refractivity contribution is 5.88. The van der Waals surface area contributed by atoms with Gasteiger partial charge in [0, 0.05) is 53.6 Å². The Kier molecular flexibility index (Phi) is 102. The smallest absolute Gasteiger partial charge is 0.333 e. The van der Waals surface area contributed by atoms with Crippen LogP contribution in [0.4, 0.5) is 0 Å². The molecule has 4 unspecified atom stereocenters. The minimum absolute atomic E-state index is 0. The first kappa shape index (κ1) is 122. The molecule has 0 rings (SSSR count). The summed E-state index contributed by atoms with van der Waals surface area (Å²) in [5.41, 5.74) is 1.19. The van der Waals surface area contributed by atoms with Crippen LogP contribution < -0.4 is 0 Å². The Balaban J connectivity index is -0.000000344. The SMILES string of the molecule is C.C=C(C)C(=O)OCCOCC(C)OCC(C)OCC(C)OCC(C)C.C=C(C)C(=O)OCCOCCOCCO.C=C(C)C(=O)OCCOCCOCCOCCOCCOCCC.C=C(C)C(=O)OCCOCCOCCOCCOCCOCCOCCOCCOCCOCCOCCC.C=CC(=O)OCC(C)(CC)CO. The Morgan fingerprint density at radius 3 is 0.716 bits per heavy atom. The number of ether oxygens (including phenoxy) is 26. The minimum Gasteiger partial charge on any atom is -0.462 e. The molecular weight excluding hydrogens is 1520 g/mol. The van der Waals surface area contributed by atoms with Gasteiger partial charge in [-0.1, -0.05) is 81.9 Å². The Bertz CT molecular complexity index is 2220. The summed E-state index contributed by atoms with van der Waals surface area (Å²) in [4.78, 5) is 55.0. The number of esters is 5. The topological polar surface area (TPSA) is 366 Å². The Labute approximate surface area is 696 Å². The molecule has 4 atom stereocenters. The molecule has 0 bridgehead atoms. The summed E-state index contributed by atoms with van der Waals surface area (Å²) >= 11 is 0. The normalized spacial score (nSPS) is 12.1. The van der Waals surface area contributed by atoms with Gasteiger partial charge in [-0.05, 0) is 73.6 Å². The second-order valence-electron chi connectivity index (χ2n) is 25.8.